The fraction of sp³-hybridized carbons (Fsp3) is 0.333. The van der Waals surface area contributed by atoms with Gasteiger partial charge >= 0.3 is 0 Å². The van der Waals surface area contributed by atoms with Crippen LogP contribution >= 0.6 is 0 Å². The van der Waals surface area contributed by atoms with Crippen molar-refractivity contribution in [3.63, 3.8) is 0 Å². The lowest BCUT2D eigenvalue weighted by atomic mass is 10.1. The molecule has 0 saturated heterocycles. The van der Waals surface area contributed by atoms with Crippen LogP contribution in [-0.4, -0.2) is 7.11 Å². The van der Waals surface area contributed by atoms with Gasteiger partial charge < -0.3 is 10.5 Å². The van der Waals surface area contributed by atoms with Gasteiger partial charge in [-0.15, -0.1) is 0 Å². The van der Waals surface area contributed by atoms with Gasteiger partial charge in [0, 0.05) is 11.8 Å². The Kier molecular flexibility index (Phi) is 2.53. The van der Waals surface area contributed by atoms with E-state index >= 15 is 0 Å². The Bertz CT molecular complexity index is 286. The van der Waals surface area contributed by atoms with Gasteiger partial charge in [0.15, 0.2) is 11.6 Å². The van der Waals surface area contributed by atoms with Crippen LogP contribution < -0.4 is 10.5 Å². The molecular weight excluding hydrogens is 157 g/mol. The largest absolute Gasteiger partial charge is 0.493 e. The summed E-state index contributed by atoms with van der Waals surface area (Å²) in [5, 5.41) is 0. The third-order valence-electron chi connectivity index (χ3n) is 1.73. The van der Waals surface area contributed by atoms with Crippen molar-refractivity contribution in [3.05, 3.63) is 23.5 Å². The molecule has 12 heavy (non-hydrogen) atoms. The highest BCUT2D eigenvalue weighted by Gasteiger charge is 2.08. The van der Waals surface area contributed by atoms with Crippen LogP contribution in [0.15, 0.2) is 12.1 Å². The van der Waals surface area contributed by atoms with E-state index in [1.54, 1.807) is 6.07 Å². The second-order valence-electron chi connectivity index (χ2n) is 2.55. The van der Waals surface area contributed by atoms with Crippen LogP contribution in [-0.2, 0) is 6.42 Å². The van der Waals surface area contributed by atoms with E-state index in [9.17, 15) is 4.39 Å². The molecule has 0 fully saturated rings. The quantitative estimate of drug-likeness (QED) is 0.687. The van der Waals surface area contributed by atoms with Gasteiger partial charge in [-0.05, 0) is 18.1 Å². The zero-order valence-corrected chi connectivity index (χ0v) is 7.23. The van der Waals surface area contributed by atoms with Crippen molar-refractivity contribution >= 4 is 5.69 Å². The van der Waals surface area contributed by atoms with E-state index in [1.165, 1.54) is 13.2 Å². The summed E-state index contributed by atoms with van der Waals surface area (Å²) >= 11 is 0. The van der Waals surface area contributed by atoms with Crippen molar-refractivity contribution < 1.29 is 9.13 Å². The van der Waals surface area contributed by atoms with Crippen LogP contribution in [0.25, 0.3) is 0 Å². The minimum absolute atomic E-state index is 0.298. The topological polar surface area (TPSA) is 35.2 Å². The molecule has 3 heteroatoms. The molecule has 2 N–H and O–H groups in total. The molecule has 0 heterocycles. The van der Waals surface area contributed by atoms with E-state index in [-0.39, 0.29) is 0 Å². The lowest BCUT2D eigenvalue weighted by Gasteiger charge is -2.08. The van der Waals surface area contributed by atoms with Gasteiger partial charge in [-0.25, -0.2) is 4.39 Å². The Morgan fingerprint density at radius 3 is 2.67 bits per heavy atom. The number of halogens is 1. The van der Waals surface area contributed by atoms with Crippen molar-refractivity contribution in [1.82, 2.24) is 0 Å². The van der Waals surface area contributed by atoms with Gasteiger partial charge in [-0.3, -0.25) is 0 Å². The van der Waals surface area contributed by atoms with Gasteiger partial charge in [0.2, 0.25) is 0 Å². The summed E-state index contributed by atoms with van der Waals surface area (Å²) in [6.07, 6.45) is 0.713. The molecule has 0 amide bonds. The third kappa shape index (κ3) is 1.49. The van der Waals surface area contributed by atoms with E-state index in [1.807, 2.05) is 6.92 Å². The predicted molar refractivity (Wildman–Crippen MR) is 46.7 cm³/mol. The number of nitrogens with two attached hydrogens (primary N) is 1. The van der Waals surface area contributed by atoms with E-state index in [0.29, 0.717) is 17.9 Å². The number of anilines is 1. The van der Waals surface area contributed by atoms with Gasteiger partial charge in [0.25, 0.3) is 0 Å². The molecule has 0 atom stereocenters. The maximum absolute atomic E-state index is 13.1. The molecule has 0 aromatic heterocycles. The lowest BCUT2D eigenvalue weighted by Crippen LogP contribution is -1.97. The van der Waals surface area contributed by atoms with Crippen molar-refractivity contribution in [2.75, 3.05) is 12.8 Å². The van der Waals surface area contributed by atoms with Gasteiger partial charge in [-0.2, -0.15) is 0 Å². The van der Waals surface area contributed by atoms with Crippen molar-refractivity contribution in [3.8, 4) is 5.75 Å². The molecule has 0 aliphatic rings. The van der Waals surface area contributed by atoms with Crippen molar-refractivity contribution in [2.24, 2.45) is 0 Å². The van der Waals surface area contributed by atoms with E-state index in [2.05, 4.69) is 0 Å². The second-order valence-corrected chi connectivity index (χ2v) is 2.55. The van der Waals surface area contributed by atoms with E-state index in [0.717, 1.165) is 5.56 Å². The number of hydrogen-bond acceptors (Lipinski definition) is 2. The van der Waals surface area contributed by atoms with Crippen LogP contribution in [0.1, 0.15) is 12.5 Å². The average molecular weight is 169 g/mol. The highest BCUT2D eigenvalue weighted by atomic mass is 19.1. The Labute approximate surface area is 71.1 Å². The number of benzene rings is 1. The summed E-state index contributed by atoms with van der Waals surface area (Å²) < 4.78 is 18.0. The first kappa shape index (κ1) is 8.84. The summed E-state index contributed by atoms with van der Waals surface area (Å²) in [7, 11) is 1.45. The van der Waals surface area contributed by atoms with Crippen molar-refractivity contribution in [2.45, 2.75) is 13.3 Å². The molecule has 66 valence electrons. The molecule has 0 spiro atoms. The minimum atomic E-state index is -0.394. The van der Waals surface area contributed by atoms with Gasteiger partial charge in [0.05, 0.1) is 7.11 Å². The summed E-state index contributed by atoms with van der Waals surface area (Å²) in [6, 6.07) is 2.99. The number of aryl methyl sites for hydroxylation is 1. The average Bonchev–Trinajstić information content (AvgIpc) is 2.03. The normalized spacial score (nSPS) is 9.92. The Morgan fingerprint density at radius 2 is 2.17 bits per heavy atom. The highest BCUT2D eigenvalue weighted by molar-refractivity contribution is 5.48. The molecule has 0 saturated carbocycles. The van der Waals surface area contributed by atoms with Gasteiger partial charge in [-0.1, -0.05) is 6.92 Å². The molecule has 1 aromatic carbocycles. The predicted octanol–water partition coefficient (Wildman–Crippen LogP) is 1.98. The molecular formula is C9H12FNO. The summed E-state index contributed by atoms with van der Waals surface area (Å²) in [5.74, 6) is -0.0962. The smallest absolute Gasteiger partial charge is 0.167 e. The fourth-order valence-corrected chi connectivity index (χ4v) is 1.16. The molecule has 2 nitrogen and oxygen atoms in total. The van der Waals surface area contributed by atoms with Crippen LogP contribution in [0.4, 0.5) is 10.1 Å². The first-order valence-corrected chi connectivity index (χ1v) is 3.81. The molecule has 0 aliphatic carbocycles. The number of nitrogen functional groups attached to an aromatic ring is 1. The standard InChI is InChI=1S/C9H12FNO/c1-3-6-4-7(11)5-8(10)9(6)12-2/h4-5H,3,11H2,1-2H3. The Balaban J connectivity index is 3.24. The van der Waals surface area contributed by atoms with E-state index in [4.69, 9.17) is 10.5 Å². The first-order chi connectivity index (χ1) is 5.69. The second kappa shape index (κ2) is 3.43. The highest BCUT2D eigenvalue weighted by Crippen LogP contribution is 2.25. The van der Waals surface area contributed by atoms with Crippen LogP contribution in [0.5, 0.6) is 5.75 Å². The maximum atomic E-state index is 13.1. The van der Waals surface area contributed by atoms with Crippen LogP contribution in [0.3, 0.4) is 0 Å². The van der Waals surface area contributed by atoms with Crippen LogP contribution in [0, 0.1) is 5.82 Å². The molecule has 0 bridgehead atoms. The van der Waals surface area contributed by atoms with E-state index < -0.39 is 5.82 Å². The molecule has 1 rings (SSSR count). The number of rotatable bonds is 2. The summed E-state index contributed by atoms with van der Waals surface area (Å²) in [4.78, 5) is 0. The zero-order chi connectivity index (χ0) is 9.14. The van der Waals surface area contributed by atoms with Gasteiger partial charge in [0.1, 0.15) is 0 Å². The number of methoxy groups -OCH3 is 1. The molecule has 0 aliphatic heterocycles. The minimum Gasteiger partial charge on any atom is -0.493 e. The monoisotopic (exact) mass is 169 g/mol. The zero-order valence-electron chi connectivity index (χ0n) is 7.23. The molecule has 1 aromatic rings. The lowest BCUT2D eigenvalue weighted by molar-refractivity contribution is 0.382. The molecule has 0 radical (unpaired) electrons. The number of hydrogen-bond donors (Lipinski definition) is 1. The first-order valence-electron chi connectivity index (χ1n) is 3.81. The number of ether oxygens (including phenoxy) is 1. The summed E-state index contributed by atoms with van der Waals surface area (Å²) in [5.41, 5.74) is 6.70. The summed E-state index contributed by atoms with van der Waals surface area (Å²) in [6.45, 7) is 1.93. The van der Waals surface area contributed by atoms with Crippen LogP contribution in [0.2, 0.25) is 0 Å². The fourth-order valence-electron chi connectivity index (χ4n) is 1.16. The van der Waals surface area contributed by atoms with Crippen molar-refractivity contribution in [1.29, 1.82) is 0 Å². The Morgan fingerprint density at radius 1 is 1.50 bits per heavy atom. The maximum Gasteiger partial charge on any atom is 0.167 e. The Hall–Kier alpha value is -1.25. The molecule has 0 unspecified atom stereocenters. The SMILES string of the molecule is CCc1cc(N)cc(F)c1OC. The third-order valence-corrected chi connectivity index (χ3v) is 1.73.